The van der Waals surface area contributed by atoms with Gasteiger partial charge in [-0.2, -0.15) is 0 Å². The maximum Gasteiger partial charge on any atom is 0.274 e. The van der Waals surface area contributed by atoms with E-state index in [0.717, 1.165) is 19.0 Å². The molecule has 1 unspecified atom stereocenters. The number of amides is 1. The molecule has 1 fully saturated rings. The first-order valence-electron chi connectivity index (χ1n) is 5.28. The van der Waals surface area contributed by atoms with Crippen molar-refractivity contribution in [3.8, 4) is 0 Å². The van der Waals surface area contributed by atoms with Crippen LogP contribution in [0.4, 0.5) is 0 Å². The molecule has 16 heavy (non-hydrogen) atoms. The Kier molecular flexibility index (Phi) is 3.00. The molecular weight excluding hydrogens is 208 g/mol. The summed E-state index contributed by atoms with van der Waals surface area (Å²) < 4.78 is 0. The van der Waals surface area contributed by atoms with Crippen LogP contribution in [-0.2, 0) is 0 Å². The Hall–Kier alpha value is -1.69. The third kappa shape index (κ3) is 1.96. The topological polar surface area (TPSA) is 92.1 Å². The molecule has 6 heteroatoms. The van der Waals surface area contributed by atoms with Gasteiger partial charge in [-0.05, 0) is 12.8 Å². The van der Waals surface area contributed by atoms with E-state index < -0.39 is 0 Å². The molecule has 0 saturated carbocycles. The van der Waals surface area contributed by atoms with Crippen LogP contribution in [0.1, 0.15) is 23.3 Å². The number of hydrogen-bond acceptors (Lipinski definition) is 4. The van der Waals surface area contributed by atoms with Gasteiger partial charge in [-0.3, -0.25) is 9.59 Å². The Bertz CT molecular complexity index is 422. The molecule has 0 aromatic carbocycles. The number of aromatic nitrogens is 2. The molecule has 2 heterocycles. The summed E-state index contributed by atoms with van der Waals surface area (Å²) in [6.07, 6.45) is 4.36. The van der Waals surface area contributed by atoms with Gasteiger partial charge in [0.25, 0.3) is 11.5 Å². The first kappa shape index (κ1) is 10.8. The molecular formula is C10H14N4O2. The zero-order valence-electron chi connectivity index (χ0n) is 8.85. The SMILES string of the molecule is NCC1CCCN1C(=O)c1c[nH]c(=O)cn1. The van der Waals surface area contributed by atoms with Crippen molar-refractivity contribution in [3.05, 3.63) is 28.4 Å². The number of aromatic amines is 1. The van der Waals surface area contributed by atoms with Crippen molar-refractivity contribution in [1.29, 1.82) is 0 Å². The van der Waals surface area contributed by atoms with Crippen LogP contribution in [0.15, 0.2) is 17.2 Å². The molecule has 3 N–H and O–H groups in total. The molecule has 1 amide bonds. The fourth-order valence-corrected chi connectivity index (χ4v) is 1.95. The van der Waals surface area contributed by atoms with Gasteiger partial charge in [-0.15, -0.1) is 0 Å². The van der Waals surface area contributed by atoms with Gasteiger partial charge in [-0.25, -0.2) is 4.98 Å². The summed E-state index contributed by atoms with van der Waals surface area (Å²) in [5.74, 6) is -0.163. The van der Waals surface area contributed by atoms with Crippen LogP contribution in [-0.4, -0.2) is 39.9 Å². The van der Waals surface area contributed by atoms with Gasteiger partial charge in [0.2, 0.25) is 0 Å². The fourth-order valence-electron chi connectivity index (χ4n) is 1.95. The monoisotopic (exact) mass is 222 g/mol. The lowest BCUT2D eigenvalue weighted by Crippen LogP contribution is -2.40. The van der Waals surface area contributed by atoms with Gasteiger partial charge >= 0.3 is 0 Å². The van der Waals surface area contributed by atoms with Crippen molar-refractivity contribution >= 4 is 5.91 Å². The highest BCUT2D eigenvalue weighted by atomic mass is 16.2. The smallest absolute Gasteiger partial charge is 0.274 e. The molecule has 1 aliphatic rings. The lowest BCUT2D eigenvalue weighted by atomic mass is 10.2. The van der Waals surface area contributed by atoms with E-state index in [-0.39, 0.29) is 23.2 Å². The highest BCUT2D eigenvalue weighted by Gasteiger charge is 2.28. The largest absolute Gasteiger partial charge is 0.333 e. The second kappa shape index (κ2) is 4.44. The number of hydrogen-bond donors (Lipinski definition) is 2. The van der Waals surface area contributed by atoms with Crippen molar-refractivity contribution in [2.24, 2.45) is 5.73 Å². The van der Waals surface area contributed by atoms with Gasteiger partial charge in [0.05, 0.1) is 6.20 Å². The molecule has 1 saturated heterocycles. The lowest BCUT2D eigenvalue weighted by molar-refractivity contribution is 0.0734. The van der Waals surface area contributed by atoms with Crippen LogP contribution in [0.2, 0.25) is 0 Å². The second-order valence-corrected chi connectivity index (χ2v) is 3.83. The van der Waals surface area contributed by atoms with E-state index in [9.17, 15) is 9.59 Å². The lowest BCUT2D eigenvalue weighted by Gasteiger charge is -2.22. The van der Waals surface area contributed by atoms with Gasteiger partial charge in [-0.1, -0.05) is 0 Å². The summed E-state index contributed by atoms with van der Waals surface area (Å²) in [7, 11) is 0. The summed E-state index contributed by atoms with van der Waals surface area (Å²) >= 11 is 0. The van der Waals surface area contributed by atoms with E-state index in [4.69, 9.17) is 5.73 Å². The van der Waals surface area contributed by atoms with Gasteiger partial charge in [0, 0.05) is 25.3 Å². The molecule has 0 aliphatic carbocycles. The molecule has 2 rings (SSSR count). The molecule has 0 bridgehead atoms. The molecule has 86 valence electrons. The molecule has 6 nitrogen and oxygen atoms in total. The van der Waals surface area contributed by atoms with E-state index in [0.29, 0.717) is 13.1 Å². The van der Waals surface area contributed by atoms with Crippen LogP contribution in [0, 0.1) is 0 Å². The van der Waals surface area contributed by atoms with Crippen LogP contribution < -0.4 is 11.3 Å². The van der Waals surface area contributed by atoms with Gasteiger partial charge in [0.15, 0.2) is 0 Å². The van der Waals surface area contributed by atoms with Crippen molar-refractivity contribution < 1.29 is 4.79 Å². The molecule has 0 radical (unpaired) electrons. The third-order valence-electron chi connectivity index (χ3n) is 2.80. The Morgan fingerprint density at radius 1 is 1.69 bits per heavy atom. The molecule has 1 aromatic rings. The fraction of sp³-hybridized carbons (Fsp3) is 0.500. The van der Waals surface area contributed by atoms with Crippen molar-refractivity contribution in [2.75, 3.05) is 13.1 Å². The van der Waals surface area contributed by atoms with E-state index in [1.807, 2.05) is 0 Å². The number of carbonyl (C=O) groups excluding carboxylic acids is 1. The summed E-state index contributed by atoms with van der Waals surface area (Å²) in [6.45, 7) is 1.18. The zero-order valence-corrected chi connectivity index (χ0v) is 8.85. The van der Waals surface area contributed by atoms with Crippen molar-refractivity contribution in [1.82, 2.24) is 14.9 Å². The summed E-state index contributed by atoms with van der Waals surface area (Å²) in [4.78, 5) is 30.8. The van der Waals surface area contributed by atoms with E-state index in [1.54, 1.807) is 4.90 Å². The highest BCUT2D eigenvalue weighted by molar-refractivity contribution is 5.92. The Morgan fingerprint density at radius 3 is 3.12 bits per heavy atom. The number of nitrogens with one attached hydrogen (secondary N) is 1. The van der Waals surface area contributed by atoms with E-state index in [2.05, 4.69) is 9.97 Å². The quantitative estimate of drug-likeness (QED) is 0.694. The number of nitrogens with zero attached hydrogens (tertiary/aromatic N) is 2. The standard InChI is InChI=1S/C10H14N4O2/c11-4-7-2-1-3-14(7)10(16)8-5-13-9(15)6-12-8/h5-7H,1-4,11H2,(H,13,15). The van der Waals surface area contributed by atoms with Crippen LogP contribution in [0.3, 0.4) is 0 Å². The molecule has 1 aliphatic heterocycles. The number of likely N-dealkylation sites (tertiary alicyclic amines) is 1. The van der Waals surface area contributed by atoms with Crippen molar-refractivity contribution in [2.45, 2.75) is 18.9 Å². The predicted octanol–water partition coefficient (Wildman–Crippen LogP) is -0.667. The van der Waals surface area contributed by atoms with Crippen LogP contribution in [0.25, 0.3) is 0 Å². The summed E-state index contributed by atoms with van der Waals surface area (Å²) in [6, 6.07) is 0.0984. The normalized spacial score (nSPS) is 20.1. The molecule has 1 aromatic heterocycles. The highest BCUT2D eigenvalue weighted by Crippen LogP contribution is 2.17. The number of rotatable bonds is 2. The first-order chi connectivity index (χ1) is 7.72. The Labute approximate surface area is 92.5 Å². The average Bonchev–Trinajstić information content (AvgIpc) is 2.77. The maximum absolute atomic E-state index is 12.0. The maximum atomic E-state index is 12.0. The van der Waals surface area contributed by atoms with Crippen molar-refractivity contribution in [3.63, 3.8) is 0 Å². The first-order valence-corrected chi connectivity index (χ1v) is 5.28. The molecule has 0 spiro atoms. The minimum Gasteiger partial charge on any atom is -0.333 e. The number of carbonyl (C=O) groups is 1. The predicted molar refractivity (Wildman–Crippen MR) is 58.0 cm³/mol. The second-order valence-electron chi connectivity index (χ2n) is 3.83. The number of nitrogens with two attached hydrogens (primary N) is 1. The summed E-state index contributed by atoms with van der Waals surface area (Å²) in [5, 5.41) is 0. The Balaban J connectivity index is 2.18. The molecule has 1 atom stereocenters. The minimum atomic E-state index is -0.312. The van der Waals surface area contributed by atoms with E-state index >= 15 is 0 Å². The van der Waals surface area contributed by atoms with Crippen LogP contribution >= 0.6 is 0 Å². The van der Waals surface area contributed by atoms with Crippen LogP contribution in [0.5, 0.6) is 0 Å². The minimum absolute atomic E-state index is 0.0984. The number of H-pyrrole nitrogens is 1. The zero-order chi connectivity index (χ0) is 11.5. The van der Waals surface area contributed by atoms with Gasteiger partial charge < -0.3 is 15.6 Å². The Morgan fingerprint density at radius 2 is 2.50 bits per heavy atom. The summed E-state index contributed by atoms with van der Waals surface area (Å²) in [5.41, 5.74) is 5.54. The average molecular weight is 222 g/mol. The third-order valence-corrected chi connectivity index (χ3v) is 2.80. The van der Waals surface area contributed by atoms with Gasteiger partial charge in [0.1, 0.15) is 5.69 Å². The van der Waals surface area contributed by atoms with E-state index in [1.165, 1.54) is 6.20 Å².